The summed E-state index contributed by atoms with van der Waals surface area (Å²) < 4.78 is 0. The van der Waals surface area contributed by atoms with Crippen molar-refractivity contribution in [2.75, 3.05) is 0 Å². The maximum atomic E-state index is 11.7. The van der Waals surface area contributed by atoms with Crippen LogP contribution in [0.3, 0.4) is 0 Å². The summed E-state index contributed by atoms with van der Waals surface area (Å²) in [5, 5.41) is 13.0. The number of nitrogens with one attached hydrogen (secondary N) is 1. The molecule has 0 fully saturated rings. The van der Waals surface area contributed by atoms with Crippen molar-refractivity contribution in [3.05, 3.63) is 65.2 Å². The first kappa shape index (κ1) is 12.8. The largest absolute Gasteiger partial charge is 0.508 e. The van der Waals surface area contributed by atoms with Crippen LogP contribution in [0, 0.1) is 6.92 Å². The van der Waals surface area contributed by atoms with Crippen molar-refractivity contribution >= 4 is 12.1 Å². The average molecular weight is 254 g/mol. The fraction of sp³-hybridized carbons (Fsp3) is 0.0667. The van der Waals surface area contributed by atoms with E-state index >= 15 is 0 Å². The van der Waals surface area contributed by atoms with Crippen LogP contribution < -0.4 is 5.43 Å². The van der Waals surface area contributed by atoms with E-state index in [1.807, 2.05) is 31.2 Å². The van der Waals surface area contributed by atoms with E-state index in [9.17, 15) is 4.79 Å². The summed E-state index contributed by atoms with van der Waals surface area (Å²) in [5.74, 6) is -0.192. The molecule has 0 bridgehead atoms. The van der Waals surface area contributed by atoms with Gasteiger partial charge >= 0.3 is 0 Å². The van der Waals surface area contributed by atoms with Crippen LogP contribution in [0.4, 0.5) is 0 Å². The molecule has 0 atom stereocenters. The van der Waals surface area contributed by atoms with Crippen LogP contribution in [0.5, 0.6) is 5.75 Å². The number of hydrazone groups is 1. The van der Waals surface area contributed by atoms with E-state index in [0.717, 1.165) is 5.56 Å². The van der Waals surface area contributed by atoms with E-state index in [2.05, 4.69) is 10.5 Å². The standard InChI is InChI=1S/C15H14N2O2/c1-11-2-4-12(5-3-11)10-16-17-15(19)13-6-8-14(18)9-7-13/h2-10,18H,1H3,(H,17,19)/b16-10+. The smallest absolute Gasteiger partial charge is 0.271 e. The first-order chi connectivity index (χ1) is 9.15. The van der Waals surface area contributed by atoms with Gasteiger partial charge in [0.05, 0.1) is 6.21 Å². The van der Waals surface area contributed by atoms with Crippen LogP contribution in [-0.2, 0) is 0 Å². The molecule has 96 valence electrons. The van der Waals surface area contributed by atoms with Crippen molar-refractivity contribution in [2.24, 2.45) is 5.10 Å². The molecule has 2 aromatic rings. The highest BCUT2D eigenvalue weighted by Crippen LogP contribution is 2.09. The Bertz CT molecular complexity index is 587. The van der Waals surface area contributed by atoms with Gasteiger partial charge < -0.3 is 5.11 Å². The van der Waals surface area contributed by atoms with Gasteiger partial charge in [0, 0.05) is 5.56 Å². The van der Waals surface area contributed by atoms with E-state index < -0.39 is 0 Å². The fourth-order valence-corrected chi connectivity index (χ4v) is 1.50. The third kappa shape index (κ3) is 3.67. The Balaban J connectivity index is 1.96. The van der Waals surface area contributed by atoms with Gasteiger partial charge in [-0.25, -0.2) is 5.43 Å². The minimum absolute atomic E-state index is 0.125. The summed E-state index contributed by atoms with van der Waals surface area (Å²) in [6.07, 6.45) is 1.58. The zero-order chi connectivity index (χ0) is 13.7. The number of hydrogen-bond donors (Lipinski definition) is 2. The number of amides is 1. The molecule has 2 rings (SSSR count). The molecular formula is C15H14N2O2. The van der Waals surface area contributed by atoms with Gasteiger partial charge in [-0.05, 0) is 36.8 Å². The van der Waals surface area contributed by atoms with Gasteiger partial charge in [-0.2, -0.15) is 5.10 Å². The molecule has 0 heterocycles. The Morgan fingerprint density at radius 3 is 2.37 bits per heavy atom. The molecule has 0 unspecified atom stereocenters. The minimum Gasteiger partial charge on any atom is -0.508 e. The van der Waals surface area contributed by atoms with Gasteiger partial charge in [0.25, 0.3) is 5.91 Å². The van der Waals surface area contributed by atoms with E-state index in [1.54, 1.807) is 6.21 Å². The number of hydrogen-bond acceptors (Lipinski definition) is 3. The quantitative estimate of drug-likeness (QED) is 0.653. The van der Waals surface area contributed by atoms with Crippen molar-refractivity contribution in [3.63, 3.8) is 0 Å². The van der Waals surface area contributed by atoms with Crippen LogP contribution in [0.15, 0.2) is 53.6 Å². The summed E-state index contributed by atoms with van der Waals surface area (Å²) in [6, 6.07) is 13.8. The average Bonchev–Trinajstić information content (AvgIpc) is 2.41. The predicted molar refractivity (Wildman–Crippen MR) is 74.3 cm³/mol. The fourth-order valence-electron chi connectivity index (χ4n) is 1.50. The predicted octanol–water partition coefficient (Wildman–Crippen LogP) is 2.46. The van der Waals surface area contributed by atoms with Crippen molar-refractivity contribution in [3.8, 4) is 5.75 Å². The number of phenols is 1. The van der Waals surface area contributed by atoms with Crippen LogP contribution in [0.1, 0.15) is 21.5 Å². The Morgan fingerprint density at radius 1 is 1.11 bits per heavy atom. The number of aromatic hydroxyl groups is 1. The highest BCUT2D eigenvalue weighted by molar-refractivity contribution is 5.94. The molecule has 0 spiro atoms. The molecule has 4 nitrogen and oxygen atoms in total. The van der Waals surface area contributed by atoms with Crippen molar-refractivity contribution in [2.45, 2.75) is 6.92 Å². The van der Waals surface area contributed by atoms with Crippen LogP contribution >= 0.6 is 0 Å². The minimum atomic E-state index is -0.316. The van der Waals surface area contributed by atoms with E-state index in [0.29, 0.717) is 5.56 Å². The molecular weight excluding hydrogens is 240 g/mol. The van der Waals surface area contributed by atoms with Crippen LogP contribution in [-0.4, -0.2) is 17.2 Å². The summed E-state index contributed by atoms with van der Waals surface area (Å²) in [4.78, 5) is 11.7. The van der Waals surface area contributed by atoms with Crippen molar-refractivity contribution in [1.82, 2.24) is 5.43 Å². The third-order valence-electron chi connectivity index (χ3n) is 2.59. The SMILES string of the molecule is Cc1ccc(/C=N/NC(=O)c2ccc(O)cc2)cc1. The first-order valence-electron chi connectivity index (χ1n) is 5.84. The highest BCUT2D eigenvalue weighted by atomic mass is 16.3. The van der Waals surface area contributed by atoms with E-state index in [1.165, 1.54) is 29.8 Å². The van der Waals surface area contributed by atoms with Crippen molar-refractivity contribution < 1.29 is 9.90 Å². The molecule has 19 heavy (non-hydrogen) atoms. The Kier molecular flexibility index (Phi) is 3.93. The number of nitrogens with zero attached hydrogens (tertiary/aromatic N) is 1. The summed E-state index contributed by atoms with van der Waals surface area (Å²) in [5.41, 5.74) is 4.96. The lowest BCUT2D eigenvalue weighted by Crippen LogP contribution is -2.17. The van der Waals surface area contributed by atoms with Gasteiger partial charge in [0.2, 0.25) is 0 Å². The van der Waals surface area contributed by atoms with E-state index in [-0.39, 0.29) is 11.7 Å². The second-order valence-electron chi connectivity index (χ2n) is 4.16. The topological polar surface area (TPSA) is 61.7 Å². The molecule has 0 radical (unpaired) electrons. The van der Waals surface area contributed by atoms with Gasteiger partial charge in [-0.15, -0.1) is 0 Å². The first-order valence-corrected chi connectivity index (χ1v) is 5.84. The molecule has 0 saturated carbocycles. The maximum absolute atomic E-state index is 11.7. The lowest BCUT2D eigenvalue weighted by molar-refractivity contribution is 0.0955. The molecule has 0 saturated heterocycles. The lowest BCUT2D eigenvalue weighted by Gasteiger charge is -2.00. The summed E-state index contributed by atoms with van der Waals surface area (Å²) >= 11 is 0. The molecule has 2 N–H and O–H groups in total. The number of phenolic OH excluding ortho intramolecular Hbond substituents is 1. The Hall–Kier alpha value is -2.62. The maximum Gasteiger partial charge on any atom is 0.271 e. The molecule has 1 amide bonds. The second kappa shape index (κ2) is 5.82. The Morgan fingerprint density at radius 2 is 1.74 bits per heavy atom. The zero-order valence-electron chi connectivity index (χ0n) is 10.5. The van der Waals surface area contributed by atoms with Gasteiger partial charge in [-0.1, -0.05) is 29.8 Å². The molecule has 0 aliphatic heterocycles. The zero-order valence-corrected chi connectivity index (χ0v) is 10.5. The molecule has 0 aliphatic rings. The Labute approximate surface area is 111 Å². The van der Waals surface area contributed by atoms with Crippen LogP contribution in [0.25, 0.3) is 0 Å². The number of rotatable bonds is 3. The van der Waals surface area contributed by atoms with Crippen molar-refractivity contribution in [1.29, 1.82) is 0 Å². The summed E-state index contributed by atoms with van der Waals surface area (Å²) in [6.45, 7) is 2.01. The number of carbonyl (C=O) groups is 1. The number of carbonyl (C=O) groups excluding carboxylic acids is 1. The molecule has 4 heteroatoms. The van der Waals surface area contributed by atoms with Gasteiger partial charge in [-0.3, -0.25) is 4.79 Å². The van der Waals surface area contributed by atoms with E-state index in [4.69, 9.17) is 5.11 Å². The van der Waals surface area contributed by atoms with Crippen LogP contribution in [0.2, 0.25) is 0 Å². The summed E-state index contributed by atoms with van der Waals surface area (Å²) in [7, 11) is 0. The number of benzene rings is 2. The van der Waals surface area contributed by atoms with Gasteiger partial charge in [0.1, 0.15) is 5.75 Å². The normalized spacial score (nSPS) is 10.6. The third-order valence-corrected chi connectivity index (χ3v) is 2.59. The highest BCUT2D eigenvalue weighted by Gasteiger charge is 2.02. The second-order valence-corrected chi connectivity index (χ2v) is 4.16. The van der Waals surface area contributed by atoms with Gasteiger partial charge in [0.15, 0.2) is 0 Å². The molecule has 2 aromatic carbocycles. The lowest BCUT2D eigenvalue weighted by atomic mass is 10.2. The monoisotopic (exact) mass is 254 g/mol. The molecule has 0 aromatic heterocycles. The molecule has 0 aliphatic carbocycles. The number of aryl methyl sites for hydroxylation is 1.